The van der Waals surface area contributed by atoms with Crippen molar-refractivity contribution in [2.75, 3.05) is 33.9 Å². The van der Waals surface area contributed by atoms with Gasteiger partial charge in [0, 0.05) is 32.8 Å². The molecule has 1 amide bonds. The number of hydrogen-bond acceptors (Lipinski definition) is 7. The highest BCUT2D eigenvalue weighted by molar-refractivity contribution is 7.89. The maximum absolute atomic E-state index is 13.8. The van der Waals surface area contributed by atoms with E-state index in [0.717, 1.165) is 50.9 Å². The molecule has 0 bridgehead atoms. The van der Waals surface area contributed by atoms with E-state index in [1.165, 1.54) is 16.1 Å². The zero-order valence-corrected chi connectivity index (χ0v) is 26.4. The van der Waals surface area contributed by atoms with Gasteiger partial charge in [-0.1, -0.05) is 24.3 Å². The molecule has 2 aromatic carbocycles. The fourth-order valence-corrected chi connectivity index (χ4v) is 7.97. The van der Waals surface area contributed by atoms with Gasteiger partial charge in [0.15, 0.2) is 0 Å². The SMILES string of the molecule is COc1cc(C)c(S(=O)(=O)N(Cc2cc(C(=O)NCCc3ccc(CN4CCCC(OC)C4)cc3)co2)C2CC2)c(C)c1. The van der Waals surface area contributed by atoms with Crippen molar-refractivity contribution in [2.24, 2.45) is 0 Å². The first-order valence-corrected chi connectivity index (χ1v) is 16.5. The number of nitrogens with one attached hydrogen (secondary N) is 1. The topological polar surface area (TPSA) is 101 Å². The first-order chi connectivity index (χ1) is 20.7. The van der Waals surface area contributed by atoms with Crippen molar-refractivity contribution in [1.29, 1.82) is 0 Å². The molecule has 1 aromatic heterocycles. The molecule has 2 fully saturated rings. The monoisotopic (exact) mass is 609 g/mol. The molecular formula is C33H43N3O6S. The second-order valence-electron chi connectivity index (χ2n) is 11.7. The molecule has 1 unspecified atom stereocenters. The summed E-state index contributed by atoms with van der Waals surface area (Å²) < 4.78 is 45.6. The molecule has 5 rings (SSSR count). The van der Waals surface area contributed by atoms with E-state index in [4.69, 9.17) is 13.9 Å². The number of carbonyl (C=O) groups excluding carboxylic acids is 1. The zero-order chi connectivity index (χ0) is 30.6. The van der Waals surface area contributed by atoms with Crippen LogP contribution in [-0.2, 0) is 34.3 Å². The average Bonchev–Trinajstić information content (AvgIpc) is 3.72. The van der Waals surface area contributed by atoms with Gasteiger partial charge in [0.05, 0.1) is 30.2 Å². The number of ether oxygens (including phenoxy) is 2. The summed E-state index contributed by atoms with van der Waals surface area (Å²) in [5.41, 5.74) is 4.08. The van der Waals surface area contributed by atoms with Gasteiger partial charge < -0.3 is 19.2 Å². The minimum Gasteiger partial charge on any atom is -0.497 e. The average molecular weight is 610 g/mol. The zero-order valence-electron chi connectivity index (χ0n) is 25.6. The van der Waals surface area contributed by atoms with Crippen LogP contribution < -0.4 is 10.1 Å². The number of hydrogen-bond donors (Lipinski definition) is 1. The molecule has 2 heterocycles. The van der Waals surface area contributed by atoms with Crippen LogP contribution in [0, 0.1) is 13.8 Å². The van der Waals surface area contributed by atoms with E-state index in [1.807, 2.05) is 0 Å². The Labute approximate surface area is 255 Å². The molecule has 0 radical (unpaired) electrons. The number of rotatable bonds is 13. The largest absolute Gasteiger partial charge is 0.497 e. The Bertz CT molecular complexity index is 1490. The Morgan fingerprint density at radius 3 is 2.40 bits per heavy atom. The van der Waals surface area contributed by atoms with Gasteiger partial charge in [-0.05, 0) is 92.9 Å². The molecule has 1 saturated carbocycles. The van der Waals surface area contributed by atoms with Crippen LogP contribution in [-0.4, -0.2) is 69.5 Å². The van der Waals surface area contributed by atoms with Crippen LogP contribution >= 0.6 is 0 Å². The van der Waals surface area contributed by atoms with E-state index in [1.54, 1.807) is 46.3 Å². The summed E-state index contributed by atoms with van der Waals surface area (Å²) in [5.74, 6) is 0.817. The highest BCUT2D eigenvalue weighted by Gasteiger charge is 2.40. The molecule has 1 atom stereocenters. The number of benzene rings is 2. The number of carbonyl (C=O) groups is 1. The van der Waals surface area contributed by atoms with Crippen LogP contribution in [0.25, 0.3) is 0 Å². The van der Waals surface area contributed by atoms with Gasteiger partial charge in [-0.25, -0.2) is 8.42 Å². The predicted molar refractivity (Wildman–Crippen MR) is 165 cm³/mol. The normalized spacial score (nSPS) is 17.7. The lowest BCUT2D eigenvalue weighted by Gasteiger charge is -2.31. The highest BCUT2D eigenvalue weighted by Crippen LogP contribution is 2.36. The van der Waals surface area contributed by atoms with Crippen molar-refractivity contribution in [1.82, 2.24) is 14.5 Å². The van der Waals surface area contributed by atoms with Crippen molar-refractivity contribution in [3.8, 4) is 5.75 Å². The number of piperidine rings is 1. The van der Waals surface area contributed by atoms with Gasteiger partial charge in [-0.2, -0.15) is 4.31 Å². The first-order valence-electron chi connectivity index (χ1n) is 15.0. The molecule has 1 saturated heterocycles. The van der Waals surface area contributed by atoms with Crippen molar-refractivity contribution in [3.05, 3.63) is 82.3 Å². The Kier molecular flexibility index (Phi) is 9.91. The minimum absolute atomic E-state index is 0.0705. The number of amides is 1. The van der Waals surface area contributed by atoms with Gasteiger partial charge >= 0.3 is 0 Å². The molecule has 2 aliphatic rings. The van der Waals surface area contributed by atoms with Crippen molar-refractivity contribution >= 4 is 15.9 Å². The second-order valence-corrected chi connectivity index (χ2v) is 13.6. The third kappa shape index (κ3) is 7.67. The molecule has 10 heteroatoms. The third-order valence-electron chi connectivity index (χ3n) is 8.34. The lowest BCUT2D eigenvalue weighted by Crippen LogP contribution is -2.38. The first kappa shape index (κ1) is 31.3. The van der Waals surface area contributed by atoms with Crippen molar-refractivity contribution in [2.45, 2.75) is 76.1 Å². The lowest BCUT2D eigenvalue weighted by molar-refractivity contribution is 0.0285. The molecule has 43 heavy (non-hydrogen) atoms. The number of sulfonamides is 1. The van der Waals surface area contributed by atoms with Crippen LogP contribution in [0.3, 0.4) is 0 Å². The summed E-state index contributed by atoms with van der Waals surface area (Å²) in [6, 6.07) is 13.6. The van der Waals surface area contributed by atoms with Gasteiger partial charge in [-0.15, -0.1) is 0 Å². The van der Waals surface area contributed by atoms with Crippen LogP contribution in [0.15, 0.2) is 58.0 Å². The second kappa shape index (κ2) is 13.6. The summed E-state index contributed by atoms with van der Waals surface area (Å²) in [5, 5.41) is 2.96. The molecule has 9 nitrogen and oxygen atoms in total. The Hall–Kier alpha value is -3.18. The van der Waals surface area contributed by atoms with Gasteiger partial charge in [0.25, 0.3) is 5.91 Å². The van der Waals surface area contributed by atoms with E-state index < -0.39 is 10.0 Å². The lowest BCUT2D eigenvalue weighted by atomic mass is 10.1. The molecule has 1 aliphatic carbocycles. The standard InChI is InChI=1S/C33H43N3O6S/c1-23-16-30(41-4)17-24(2)32(23)43(38,39)36(28-11-12-28)21-31-18-27(22-42-31)33(37)34-14-13-25-7-9-26(10-8-25)19-35-15-5-6-29(20-35)40-3/h7-10,16-18,22,28-29H,5-6,11-15,19-21H2,1-4H3,(H,34,37). The number of likely N-dealkylation sites (tertiary alicyclic amines) is 1. The molecule has 1 aliphatic heterocycles. The maximum Gasteiger partial charge on any atom is 0.254 e. The smallest absolute Gasteiger partial charge is 0.254 e. The van der Waals surface area contributed by atoms with Crippen LogP contribution in [0.4, 0.5) is 0 Å². The van der Waals surface area contributed by atoms with Crippen LogP contribution in [0.5, 0.6) is 5.75 Å². The Morgan fingerprint density at radius 2 is 1.74 bits per heavy atom. The summed E-state index contributed by atoms with van der Waals surface area (Å²) >= 11 is 0. The third-order valence-corrected chi connectivity index (χ3v) is 10.5. The van der Waals surface area contributed by atoms with Crippen LogP contribution in [0.1, 0.15) is 64.1 Å². The van der Waals surface area contributed by atoms with Gasteiger partial charge in [0.2, 0.25) is 10.0 Å². The summed E-state index contributed by atoms with van der Waals surface area (Å²) in [6.45, 7) is 7.10. The van der Waals surface area contributed by atoms with Crippen LogP contribution in [0.2, 0.25) is 0 Å². The van der Waals surface area contributed by atoms with Crippen molar-refractivity contribution in [3.63, 3.8) is 0 Å². The molecular weight excluding hydrogens is 566 g/mol. The number of furan rings is 1. The fraction of sp³-hybridized carbons (Fsp3) is 0.485. The van der Waals surface area contributed by atoms with E-state index in [2.05, 4.69) is 34.5 Å². The number of aryl methyl sites for hydroxylation is 2. The van der Waals surface area contributed by atoms with E-state index in [0.29, 0.717) is 52.2 Å². The Morgan fingerprint density at radius 1 is 1.05 bits per heavy atom. The quantitative estimate of drug-likeness (QED) is 0.296. The maximum atomic E-state index is 13.8. The Balaban J connectivity index is 1.15. The summed E-state index contributed by atoms with van der Waals surface area (Å²) in [7, 11) is -0.433. The van der Waals surface area contributed by atoms with Crippen molar-refractivity contribution < 1.29 is 27.1 Å². The van der Waals surface area contributed by atoms with E-state index in [9.17, 15) is 13.2 Å². The summed E-state index contributed by atoms with van der Waals surface area (Å²) in [6.07, 6.45) is 6.32. The molecule has 0 spiro atoms. The van der Waals surface area contributed by atoms with E-state index in [-0.39, 0.29) is 18.5 Å². The highest BCUT2D eigenvalue weighted by atomic mass is 32.2. The van der Waals surface area contributed by atoms with Gasteiger partial charge in [0.1, 0.15) is 17.8 Å². The molecule has 3 aromatic rings. The summed E-state index contributed by atoms with van der Waals surface area (Å²) in [4.78, 5) is 15.6. The van der Waals surface area contributed by atoms with E-state index >= 15 is 0 Å². The molecule has 232 valence electrons. The predicted octanol–water partition coefficient (Wildman–Crippen LogP) is 4.84. The number of methoxy groups -OCH3 is 2. The molecule has 1 N–H and O–H groups in total. The number of nitrogens with zero attached hydrogens (tertiary/aromatic N) is 2. The fourth-order valence-electron chi connectivity index (χ4n) is 5.90. The van der Waals surface area contributed by atoms with Gasteiger partial charge in [-0.3, -0.25) is 9.69 Å². The minimum atomic E-state index is -3.78.